The van der Waals surface area contributed by atoms with Crippen LogP contribution in [0.5, 0.6) is 0 Å². The summed E-state index contributed by atoms with van der Waals surface area (Å²) in [7, 11) is 1.86. The molecule has 2 heterocycles. The van der Waals surface area contributed by atoms with Crippen molar-refractivity contribution in [1.82, 2.24) is 15.5 Å². The van der Waals surface area contributed by atoms with Gasteiger partial charge in [-0.1, -0.05) is 19.9 Å². The topological polar surface area (TPSA) is 39.7 Å². The molecule has 2 fully saturated rings. The fourth-order valence-corrected chi connectivity index (χ4v) is 4.17. The quantitative estimate of drug-likeness (QED) is 0.387. The van der Waals surface area contributed by atoms with Crippen molar-refractivity contribution in [3.05, 3.63) is 22.4 Å². The van der Waals surface area contributed by atoms with Gasteiger partial charge in [0.1, 0.15) is 0 Å². The number of hydrogen-bond donors (Lipinski definition) is 2. The Morgan fingerprint density at radius 1 is 1.33 bits per heavy atom. The molecule has 0 radical (unpaired) electrons. The van der Waals surface area contributed by atoms with Gasteiger partial charge in [0, 0.05) is 43.0 Å². The molecule has 3 rings (SSSR count). The number of guanidine groups is 1. The Bertz CT molecular complexity index is 525. The smallest absolute Gasteiger partial charge is 0.191 e. The Hall–Kier alpha value is -0.340. The highest BCUT2D eigenvalue weighted by Crippen LogP contribution is 2.31. The molecule has 0 bridgehead atoms. The minimum atomic E-state index is 0. The van der Waals surface area contributed by atoms with E-state index in [-0.39, 0.29) is 29.4 Å². The second-order valence-electron chi connectivity index (χ2n) is 7.55. The van der Waals surface area contributed by atoms with Crippen molar-refractivity contribution in [3.63, 3.8) is 0 Å². The zero-order valence-electron chi connectivity index (χ0n) is 15.0. The summed E-state index contributed by atoms with van der Waals surface area (Å²) >= 11 is 1.83. The number of rotatable bonds is 6. The lowest BCUT2D eigenvalue weighted by atomic mass is 9.91. The number of halogens is 1. The normalized spacial score (nSPS) is 22.3. The molecule has 1 aromatic rings. The minimum absolute atomic E-state index is 0. The van der Waals surface area contributed by atoms with E-state index in [1.54, 1.807) is 0 Å². The van der Waals surface area contributed by atoms with Crippen LogP contribution in [0.25, 0.3) is 0 Å². The maximum Gasteiger partial charge on any atom is 0.191 e. The number of hydrogen-bond acceptors (Lipinski definition) is 3. The maximum absolute atomic E-state index is 4.38. The zero-order chi connectivity index (χ0) is 16.3. The van der Waals surface area contributed by atoms with Crippen LogP contribution in [0.4, 0.5) is 0 Å². The van der Waals surface area contributed by atoms with Crippen molar-refractivity contribution in [3.8, 4) is 0 Å². The molecule has 1 saturated heterocycles. The van der Waals surface area contributed by atoms with Crippen LogP contribution in [0, 0.1) is 5.92 Å². The molecule has 1 aliphatic carbocycles. The molecule has 6 heteroatoms. The average Bonchev–Trinajstić information content (AvgIpc) is 3.05. The van der Waals surface area contributed by atoms with E-state index in [1.165, 1.54) is 37.2 Å². The Balaban J connectivity index is 0.00000208. The molecule has 0 amide bonds. The van der Waals surface area contributed by atoms with Crippen molar-refractivity contribution in [1.29, 1.82) is 0 Å². The third-order valence-corrected chi connectivity index (χ3v) is 6.28. The van der Waals surface area contributed by atoms with Crippen LogP contribution in [0.2, 0.25) is 0 Å². The van der Waals surface area contributed by atoms with E-state index >= 15 is 0 Å². The monoisotopic (exact) mass is 462 g/mol. The predicted octanol–water partition coefficient (Wildman–Crippen LogP) is 3.29. The van der Waals surface area contributed by atoms with E-state index in [2.05, 4.69) is 51.9 Å². The SMILES string of the molecule is CN=C(NCC1CCN(C2CC2)C1)NCC(C)(C)c1cccs1.I. The first-order valence-electron chi connectivity index (χ1n) is 8.81. The second-order valence-corrected chi connectivity index (χ2v) is 8.50. The van der Waals surface area contributed by atoms with Crippen LogP contribution in [-0.2, 0) is 5.41 Å². The third kappa shape index (κ3) is 5.33. The van der Waals surface area contributed by atoms with Crippen LogP contribution >= 0.6 is 35.3 Å². The van der Waals surface area contributed by atoms with Crippen LogP contribution in [0.1, 0.15) is 38.0 Å². The molecule has 1 aliphatic heterocycles. The summed E-state index contributed by atoms with van der Waals surface area (Å²) in [6, 6.07) is 5.25. The molecule has 136 valence electrons. The highest BCUT2D eigenvalue weighted by molar-refractivity contribution is 14.0. The lowest BCUT2D eigenvalue weighted by Crippen LogP contribution is -2.44. The molecule has 0 spiro atoms. The molecule has 2 aliphatic rings. The largest absolute Gasteiger partial charge is 0.356 e. The first-order valence-corrected chi connectivity index (χ1v) is 9.69. The fourth-order valence-electron chi connectivity index (χ4n) is 3.32. The molecule has 2 N–H and O–H groups in total. The van der Waals surface area contributed by atoms with Crippen LogP contribution in [0.3, 0.4) is 0 Å². The third-order valence-electron chi connectivity index (χ3n) is 5.05. The molecular formula is C18H31IN4S. The van der Waals surface area contributed by atoms with Gasteiger partial charge >= 0.3 is 0 Å². The summed E-state index contributed by atoms with van der Waals surface area (Å²) < 4.78 is 0. The Morgan fingerprint density at radius 3 is 2.75 bits per heavy atom. The van der Waals surface area contributed by atoms with Crippen molar-refractivity contribution in [2.24, 2.45) is 10.9 Å². The van der Waals surface area contributed by atoms with Gasteiger partial charge in [-0.3, -0.25) is 4.99 Å². The van der Waals surface area contributed by atoms with Gasteiger partial charge in [-0.2, -0.15) is 0 Å². The zero-order valence-corrected chi connectivity index (χ0v) is 18.2. The second kappa shape index (κ2) is 8.85. The number of thiophene rings is 1. The summed E-state index contributed by atoms with van der Waals surface area (Å²) in [5.74, 6) is 1.69. The van der Waals surface area contributed by atoms with Gasteiger partial charge in [0.15, 0.2) is 5.96 Å². The van der Waals surface area contributed by atoms with E-state index in [4.69, 9.17) is 0 Å². The number of aliphatic imine (C=N–C) groups is 1. The first-order chi connectivity index (χ1) is 11.1. The van der Waals surface area contributed by atoms with Crippen LogP contribution in [-0.4, -0.2) is 50.1 Å². The molecule has 1 atom stereocenters. The molecule has 24 heavy (non-hydrogen) atoms. The number of nitrogens with one attached hydrogen (secondary N) is 2. The summed E-state index contributed by atoms with van der Waals surface area (Å²) in [6.45, 7) is 9.03. The Kier molecular flexibility index (Phi) is 7.37. The first kappa shape index (κ1) is 20.0. The van der Waals surface area contributed by atoms with Gasteiger partial charge in [0.2, 0.25) is 0 Å². The van der Waals surface area contributed by atoms with Crippen molar-refractivity contribution in [2.75, 3.05) is 33.2 Å². The van der Waals surface area contributed by atoms with Crippen LogP contribution in [0.15, 0.2) is 22.5 Å². The minimum Gasteiger partial charge on any atom is -0.356 e. The standard InChI is InChI=1S/C18H30N4S.HI/c1-18(2,16-5-4-10-23-16)13-21-17(19-3)20-11-14-8-9-22(12-14)15-6-7-15;/h4-5,10,14-15H,6-9,11-13H2,1-3H3,(H2,19,20,21);1H. The Morgan fingerprint density at radius 2 is 2.12 bits per heavy atom. The summed E-state index contributed by atoms with van der Waals surface area (Å²) in [4.78, 5) is 8.47. The average molecular weight is 462 g/mol. The van der Waals surface area contributed by atoms with Crippen molar-refractivity contribution < 1.29 is 0 Å². The van der Waals surface area contributed by atoms with E-state index in [9.17, 15) is 0 Å². The fraction of sp³-hybridized carbons (Fsp3) is 0.722. The highest BCUT2D eigenvalue weighted by atomic mass is 127. The van der Waals surface area contributed by atoms with Crippen molar-refractivity contribution in [2.45, 2.75) is 44.6 Å². The lowest BCUT2D eigenvalue weighted by Gasteiger charge is -2.25. The molecule has 1 unspecified atom stereocenters. The predicted molar refractivity (Wildman–Crippen MR) is 115 cm³/mol. The number of likely N-dealkylation sites (tertiary alicyclic amines) is 1. The summed E-state index contributed by atoms with van der Waals surface area (Å²) in [5, 5.41) is 9.17. The van der Waals surface area contributed by atoms with Gasteiger partial charge in [-0.05, 0) is 43.2 Å². The van der Waals surface area contributed by atoms with E-state index in [0.717, 1.165) is 31.0 Å². The lowest BCUT2D eigenvalue weighted by molar-refractivity contribution is 0.314. The molecule has 1 aromatic heterocycles. The molecular weight excluding hydrogens is 431 g/mol. The van der Waals surface area contributed by atoms with Crippen LogP contribution < -0.4 is 10.6 Å². The van der Waals surface area contributed by atoms with Gasteiger partial charge in [0.25, 0.3) is 0 Å². The van der Waals surface area contributed by atoms with Gasteiger partial charge in [-0.15, -0.1) is 35.3 Å². The van der Waals surface area contributed by atoms with Gasteiger partial charge in [0.05, 0.1) is 0 Å². The van der Waals surface area contributed by atoms with Crippen molar-refractivity contribution >= 4 is 41.3 Å². The summed E-state index contributed by atoms with van der Waals surface area (Å²) in [6.07, 6.45) is 4.16. The van der Waals surface area contributed by atoms with E-state index in [0.29, 0.717) is 0 Å². The molecule has 1 saturated carbocycles. The van der Waals surface area contributed by atoms with E-state index in [1.807, 2.05) is 18.4 Å². The highest BCUT2D eigenvalue weighted by Gasteiger charge is 2.34. The Labute approximate surface area is 167 Å². The molecule has 4 nitrogen and oxygen atoms in total. The van der Waals surface area contributed by atoms with E-state index < -0.39 is 0 Å². The van der Waals surface area contributed by atoms with Gasteiger partial charge < -0.3 is 15.5 Å². The van der Waals surface area contributed by atoms with Gasteiger partial charge in [-0.25, -0.2) is 0 Å². The molecule has 0 aromatic carbocycles. The summed E-state index contributed by atoms with van der Waals surface area (Å²) in [5.41, 5.74) is 0.127. The number of nitrogens with zero attached hydrogens (tertiary/aromatic N) is 2. The maximum atomic E-state index is 4.38.